The molecule has 1 heterocycles. The van der Waals surface area contributed by atoms with E-state index in [-0.39, 0.29) is 18.0 Å². The summed E-state index contributed by atoms with van der Waals surface area (Å²) in [5.41, 5.74) is 1.55. The lowest BCUT2D eigenvalue weighted by molar-refractivity contribution is 0.200. The average molecular weight is 396 g/mol. The molecular weight excluding hydrogens is 371 g/mol. The molecule has 1 unspecified atom stereocenters. The van der Waals surface area contributed by atoms with E-state index in [9.17, 15) is 9.18 Å². The van der Waals surface area contributed by atoms with Gasteiger partial charge in [0.1, 0.15) is 17.3 Å². The van der Waals surface area contributed by atoms with Crippen LogP contribution in [0.5, 0.6) is 11.5 Å². The van der Waals surface area contributed by atoms with E-state index in [0.29, 0.717) is 33.5 Å². The fraction of sp³-hybridized carbons (Fsp3) is 0.375. The third-order valence-electron chi connectivity index (χ3n) is 5.55. The number of rotatable bonds is 5. The van der Waals surface area contributed by atoms with Crippen LogP contribution in [0.3, 0.4) is 0 Å². The quantitative estimate of drug-likeness (QED) is 0.772. The van der Waals surface area contributed by atoms with Crippen molar-refractivity contribution >= 4 is 24.3 Å². The lowest BCUT2D eigenvalue weighted by Gasteiger charge is -2.18. The third kappa shape index (κ3) is 4.00. The van der Waals surface area contributed by atoms with Gasteiger partial charge < -0.3 is 13.9 Å². The first-order valence-electron chi connectivity index (χ1n) is 10.1. The number of ether oxygens (including phenoxy) is 2. The lowest BCUT2D eigenvalue weighted by Crippen LogP contribution is -2.43. The minimum Gasteiger partial charge on any atom is -0.493 e. The van der Waals surface area contributed by atoms with Gasteiger partial charge in [-0.05, 0) is 63.0 Å². The van der Waals surface area contributed by atoms with Gasteiger partial charge >= 0.3 is 0 Å². The molecule has 0 amide bonds. The maximum absolute atomic E-state index is 13.6. The topological polar surface area (TPSA) is 48.7 Å². The number of methoxy groups -OCH3 is 1. The van der Waals surface area contributed by atoms with Gasteiger partial charge in [0.2, 0.25) is 0 Å². The number of alkyl halides is 1. The van der Waals surface area contributed by atoms with E-state index in [1.165, 1.54) is 18.9 Å². The minimum absolute atomic E-state index is 0.195. The highest BCUT2D eigenvalue weighted by molar-refractivity contribution is 5.73. The van der Waals surface area contributed by atoms with Crippen LogP contribution < -0.4 is 25.5 Å². The van der Waals surface area contributed by atoms with Crippen molar-refractivity contribution in [1.29, 1.82) is 0 Å². The highest BCUT2D eigenvalue weighted by Gasteiger charge is 2.20. The second-order valence-electron chi connectivity index (χ2n) is 7.56. The Bertz CT molecular complexity index is 1110. The molecule has 0 N–H and O–H groups in total. The summed E-state index contributed by atoms with van der Waals surface area (Å²) < 4.78 is 31.3. The fourth-order valence-electron chi connectivity index (χ4n) is 3.90. The van der Waals surface area contributed by atoms with Gasteiger partial charge in [-0.15, -0.1) is 0 Å². The molecule has 1 fully saturated rings. The van der Waals surface area contributed by atoms with Crippen molar-refractivity contribution in [1.82, 2.24) is 0 Å². The molecule has 4 rings (SSSR count). The van der Waals surface area contributed by atoms with E-state index in [2.05, 4.69) is 0 Å². The van der Waals surface area contributed by atoms with Gasteiger partial charge in [-0.1, -0.05) is 12.1 Å². The minimum atomic E-state index is -1.14. The van der Waals surface area contributed by atoms with Crippen LogP contribution in [-0.4, -0.2) is 19.4 Å². The van der Waals surface area contributed by atoms with E-state index in [4.69, 9.17) is 13.9 Å². The van der Waals surface area contributed by atoms with Crippen LogP contribution >= 0.6 is 0 Å². The SMILES string of the molecule is COc1cccc(/C=C/c2oc3c(c(=O)c2C)=CC(F)CC=3)c1OC1CCCC1. The van der Waals surface area contributed by atoms with E-state index < -0.39 is 6.17 Å². The summed E-state index contributed by atoms with van der Waals surface area (Å²) in [5.74, 6) is 1.85. The van der Waals surface area contributed by atoms with Gasteiger partial charge in [-0.3, -0.25) is 4.79 Å². The highest BCUT2D eigenvalue weighted by atomic mass is 19.1. The number of fused-ring (bicyclic) bond motifs is 1. The predicted octanol–water partition coefficient (Wildman–Crippen LogP) is 3.75. The largest absolute Gasteiger partial charge is 0.493 e. The summed E-state index contributed by atoms with van der Waals surface area (Å²) in [6, 6.07) is 5.73. The number of halogens is 1. The molecule has 2 aromatic rings. The van der Waals surface area contributed by atoms with Crippen molar-refractivity contribution in [3.8, 4) is 11.5 Å². The summed E-state index contributed by atoms with van der Waals surface area (Å²) in [7, 11) is 1.63. The van der Waals surface area contributed by atoms with Crippen LogP contribution in [0.25, 0.3) is 24.3 Å². The van der Waals surface area contributed by atoms with Gasteiger partial charge in [-0.2, -0.15) is 0 Å². The number of para-hydroxylation sites is 1. The van der Waals surface area contributed by atoms with E-state index in [1.54, 1.807) is 26.2 Å². The molecule has 1 atom stereocenters. The first-order chi connectivity index (χ1) is 14.1. The van der Waals surface area contributed by atoms with Gasteiger partial charge in [0, 0.05) is 17.5 Å². The second-order valence-corrected chi connectivity index (χ2v) is 7.56. The van der Waals surface area contributed by atoms with Crippen molar-refractivity contribution in [3.63, 3.8) is 0 Å². The van der Waals surface area contributed by atoms with Crippen LogP contribution in [0, 0.1) is 6.92 Å². The normalized spacial score (nSPS) is 18.9. The monoisotopic (exact) mass is 396 g/mol. The molecular formula is C24H25FO4. The molecule has 0 aliphatic heterocycles. The van der Waals surface area contributed by atoms with Crippen molar-refractivity contribution in [2.24, 2.45) is 0 Å². The summed E-state index contributed by atoms with van der Waals surface area (Å²) >= 11 is 0. The molecule has 4 nitrogen and oxygen atoms in total. The molecule has 0 spiro atoms. The predicted molar refractivity (Wildman–Crippen MR) is 112 cm³/mol. The average Bonchev–Trinajstić information content (AvgIpc) is 3.24. The standard InChI is InChI=1S/C24H25FO4/c1-15-20(29-21-13-11-17(25)14-19(21)23(15)26)12-10-16-6-5-9-22(27-2)24(16)28-18-7-3-4-8-18/h5-6,9-10,12-14,17-18H,3-4,7-8,11H2,1-2H3/b12-10+. The first kappa shape index (κ1) is 19.5. The van der Waals surface area contributed by atoms with Gasteiger partial charge in [-0.25, -0.2) is 4.39 Å². The molecule has 5 heteroatoms. The summed E-state index contributed by atoms with van der Waals surface area (Å²) in [6.45, 7) is 1.70. The van der Waals surface area contributed by atoms with E-state index in [1.807, 2.05) is 24.3 Å². The molecule has 1 aromatic heterocycles. The van der Waals surface area contributed by atoms with Crippen molar-refractivity contribution < 1.29 is 18.3 Å². The molecule has 1 saturated carbocycles. The number of hydrogen-bond donors (Lipinski definition) is 0. The maximum Gasteiger partial charge on any atom is 0.195 e. The Hall–Kier alpha value is -2.82. The summed E-state index contributed by atoms with van der Waals surface area (Å²) in [5, 5.41) is 0.310. The van der Waals surface area contributed by atoms with Crippen molar-refractivity contribution in [2.75, 3.05) is 7.11 Å². The number of hydrogen-bond acceptors (Lipinski definition) is 4. The van der Waals surface area contributed by atoms with Crippen LogP contribution in [0.4, 0.5) is 4.39 Å². The molecule has 0 radical (unpaired) electrons. The number of benzene rings is 1. The smallest absolute Gasteiger partial charge is 0.195 e. The highest BCUT2D eigenvalue weighted by Crippen LogP contribution is 2.35. The van der Waals surface area contributed by atoms with Crippen LogP contribution in [-0.2, 0) is 0 Å². The summed E-state index contributed by atoms with van der Waals surface area (Å²) in [6.07, 6.45) is 10.3. The van der Waals surface area contributed by atoms with Crippen molar-refractivity contribution in [2.45, 2.75) is 51.3 Å². The zero-order chi connectivity index (χ0) is 20.4. The maximum atomic E-state index is 13.6. The molecule has 2 aliphatic carbocycles. The van der Waals surface area contributed by atoms with Gasteiger partial charge in [0.05, 0.1) is 18.4 Å². The van der Waals surface area contributed by atoms with Gasteiger partial charge in [0.25, 0.3) is 0 Å². The molecule has 1 aromatic carbocycles. The third-order valence-corrected chi connectivity index (χ3v) is 5.55. The van der Waals surface area contributed by atoms with Crippen LogP contribution in [0.2, 0.25) is 0 Å². The molecule has 0 bridgehead atoms. The molecule has 0 saturated heterocycles. The summed E-state index contributed by atoms with van der Waals surface area (Å²) in [4.78, 5) is 12.6. The Morgan fingerprint density at radius 3 is 2.76 bits per heavy atom. The van der Waals surface area contributed by atoms with E-state index >= 15 is 0 Å². The van der Waals surface area contributed by atoms with Crippen molar-refractivity contribution in [3.05, 3.63) is 55.9 Å². The van der Waals surface area contributed by atoms with Crippen LogP contribution in [0.1, 0.15) is 49.0 Å². The van der Waals surface area contributed by atoms with E-state index in [0.717, 1.165) is 18.4 Å². The zero-order valence-electron chi connectivity index (χ0n) is 16.7. The van der Waals surface area contributed by atoms with Crippen LogP contribution in [0.15, 0.2) is 27.4 Å². The second kappa shape index (κ2) is 8.27. The molecule has 152 valence electrons. The Morgan fingerprint density at radius 2 is 2.00 bits per heavy atom. The fourth-order valence-corrected chi connectivity index (χ4v) is 3.90. The molecule has 2 aliphatic rings. The Kier molecular flexibility index (Phi) is 5.56. The Morgan fingerprint density at radius 1 is 1.21 bits per heavy atom. The Labute approximate surface area is 169 Å². The molecule has 29 heavy (non-hydrogen) atoms. The first-order valence-corrected chi connectivity index (χ1v) is 10.1. The lowest BCUT2D eigenvalue weighted by atomic mass is 10.1. The van der Waals surface area contributed by atoms with Gasteiger partial charge in [0.15, 0.2) is 16.9 Å². The zero-order valence-corrected chi connectivity index (χ0v) is 16.7. The Balaban J connectivity index is 1.73.